The second kappa shape index (κ2) is 3.47. The molecule has 1 aliphatic rings. The van der Waals surface area contributed by atoms with Crippen LogP contribution in [0.25, 0.3) is 5.32 Å². The van der Waals surface area contributed by atoms with Crippen molar-refractivity contribution in [2.24, 2.45) is 0 Å². The monoisotopic (exact) mass is 107 g/mol. The fraction of sp³-hybridized carbons (Fsp3) is 0.750. The summed E-state index contributed by atoms with van der Waals surface area (Å²) < 4.78 is 0. The molecule has 0 radical (unpaired) electrons. The topological polar surface area (TPSA) is 31.2 Å². The van der Waals surface area contributed by atoms with Gasteiger partial charge in [0.15, 0.2) is 0 Å². The van der Waals surface area contributed by atoms with Crippen molar-refractivity contribution >= 4 is 5.91 Å². The van der Waals surface area contributed by atoms with E-state index in [4.69, 9.17) is 0 Å². The number of carbonyl (C=O) groups is 1. The fourth-order valence-electron chi connectivity index (χ4n) is 0.513. The number of nitrogens with zero attached hydrogens (tertiary/aromatic N) is 1. The first-order valence-corrected chi connectivity index (χ1v) is 2.10. The number of carbonyl (C=O) groups excluding carboxylic acids is 1. The van der Waals surface area contributed by atoms with Crippen molar-refractivity contribution in [2.45, 2.75) is 12.8 Å². The normalized spacial score (nSPS) is 18.0. The Bertz CT molecular complexity index is 66.1. The van der Waals surface area contributed by atoms with Gasteiger partial charge in [0, 0.05) is 0 Å². The van der Waals surface area contributed by atoms with Crippen LogP contribution >= 0.6 is 0 Å². The van der Waals surface area contributed by atoms with Gasteiger partial charge < -0.3 is 10.1 Å². The summed E-state index contributed by atoms with van der Waals surface area (Å²) in [6.45, 7) is 0.763. The Balaban J connectivity index is 0.000000360. The van der Waals surface area contributed by atoms with E-state index in [9.17, 15) is 4.79 Å². The molecule has 0 saturated carbocycles. The Morgan fingerprint density at radius 3 is 2.43 bits per heavy atom. The molecule has 1 aliphatic heterocycles. The second-order valence-electron chi connectivity index (χ2n) is 1.38. The number of hydrogen-bond acceptors (Lipinski definition) is 1. The van der Waals surface area contributed by atoms with E-state index in [1.54, 1.807) is 0 Å². The van der Waals surface area contributed by atoms with Gasteiger partial charge in [0.2, 0.25) is 0 Å². The van der Waals surface area contributed by atoms with E-state index < -0.39 is 0 Å². The summed E-state index contributed by atoms with van der Waals surface area (Å²) in [5.74, 6) is 0.0787. The molecule has 1 fully saturated rings. The third-order valence-corrected chi connectivity index (χ3v) is 0.837. The molecule has 0 atom stereocenters. The standard InChI is InChI=1S/C4H7NO.Na/c6-4-2-1-3-5-4;/h1-3H2,(H,5,6);/q;+1/p-1. The van der Waals surface area contributed by atoms with E-state index in [-0.39, 0.29) is 35.5 Å². The van der Waals surface area contributed by atoms with Crippen molar-refractivity contribution < 1.29 is 34.4 Å². The fourth-order valence-corrected chi connectivity index (χ4v) is 0.513. The number of hydrogen-bond donors (Lipinski definition) is 0. The second-order valence-corrected chi connectivity index (χ2v) is 1.38. The van der Waals surface area contributed by atoms with Crippen molar-refractivity contribution in [3.05, 3.63) is 5.32 Å². The third kappa shape index (κ3) is 2.32. The molecule has 34 valence electrons. The van der Waals surface area contributed by atoms with Crippen molar-refractivity contribution in [3.8, 4) is 0 Å². The summed E-state index contributed by atoms with van der Waals surface area (Å²) in [6, 6.07) is 0. The van der Waals surface area contributed by atoms with Gasteiger partial charge in [-0.05, 0) is 6.42 Å². The zero-order chi connectivity index (χ0) is 4.41. The molecular weight excluding hydrogens is 101 g/mol. The van der Waals surface area contributed by atoms with E-state index in [2.05, 4.69) is 5.32 Å². The summed E-state index contributed by atoms with van der Waals surface area (Å²) >= 11 is 0. The summed E-state index contributed by atoms with van der Waals surface area (Å²) in [5, 5.41) is 3.60. The third-order valence-electron chi connectivity index (χ3n) is 0.837. The Labute approximate surface area is 65.0 Å². The number of rotatable bonds is 0. The van der Waals surface area contributed by atoms with Crippen LogP contribution in [-0.4, -0.2) is 12.5 Å². The molecule has 0 bridgehead atoms. The van der Waals surface area contributed by atoms with E-state index in [1.807, 2.05) is 0 Å². The molecule has 1 heterocycles. The van der Waals surface area contributed by atoms with Crippen LogP contribution in [0.5, 0.6) is 0 Å². The smallest absolute Gasteiger partial charge is 0.653 e. The molecule has 0 spiro atoms. The maximum atomic E-state index is 10.1. The molecule has 7 heavy (non-hydrogen) atoms. The van der Waals surface area contributed by atoms with E-state index in [0.717, 1.165) is 13.0 Å². The summed E-state index contributed by atoms with van der Waals surface area (Å²) in [7, 11) is 0. The van der Waals surface area contributed by atoms with Gasteiger partial charge in [-0.25, -0.2) is 0 Å². The van der Waals surface area contributed by atoms with Crippen molar-refractivity contribution in [2.75, 3.05) is 6.54 Å². The first kappa shape index (κ1) is 7.47. The molecule has 2 nitrogen and oxygen atoms in total. The molecule has 1 rings (SSSR count). The Morgan fingerprint density at radius 1 is 1.57 bits per heavy atom. The average molecular weight is 107 g/mol. The van der Waals surface area contributed by atoms with Gasteiger partial charge in [0.1, 0.15) is 0 Å². The SMILES string of the molecule is O=C1CCC[N-]1.[Na+]. The maximum Gasteiger partial charge on any atom is 1.00 e. The van der Waals surface area contributed by atoms with Gasteiger partial charge >= 0.3 is 29.6 Å². The van der Waals surface area contributed by atoms with E-state index in [1.165, 1.54) is 0 Å². The summed E-state index contributed by atoms with van der Waals surface area (Å²) in [4.78, 5) is 10.1. The minimum absolute atomic E-state index is 0. The van der Waals surface area contributed by atoms with Crippen LogP contribution in [-0.2, 0) is 4.79 Å². The molecule has 0 aliphatic carbocycles. The largest absolute Gasteiger partial charge is 1.00 e. The van der Waals surface area contributed by atoms with Gasteiger partial charge in [-0.2, -0.15) is 0 Å². The molecule has 0 N–H and O–H groups in total. The first-order chi connectivity index (χ1) is 2.89. The van der Waals surface area contributed by atoms with Crippen LogP contribution in [0.15, 0.2) is 0 Å². The zero-order valence-electron chi connectivity index (χ0n) is 4.48. The van der Waals surface area contributed by atoms with Crippen LogP contribution in [0.4, 0.5) is 0 Å². The zero-order valence-corrected chi connectivity index (χ0v) is 6.48. The molecule has 0 aromatic heterocycles. The van der Waals surface area contributed by atoms with Gasteiger partial charge in [-0.15, -0.1) is 6.54 Å². The van der Waals surface area contributed by atoms with Crippen molar-refractivity contribution in [3.63, 3.8) is 0 Å². The molecule has 0 aromatic rings. The first-order valence-electron chi connectivity index (χ1n) is 2.10. The van der Waals surface area contributed by atoms with Crippen LogP contribution in [0.2, 0.25) is 0 Å². The Kier molecular flexibility index (Phi) is 3.70. The van der Waals surface area contributed by atoms with Crippen LogP contribution in [0.3, 0.4) is 0 Å². The minimum Gasteiger partial charge on any atom is -0.653 e. The quantitative estimate of drug-likeness (QED) is 0.320. The predicted molar refractivity (Wildman–Crippen MR) is 22.5 cm³/mol. The molecule has 0 unspecified atom stereocenters. The molecule has 1 amide bonds. The Hall–Kier alpha value is 0.470. The van der Waals surface area contributed by atoms with Crippen molar-refractivity contribution in [1.29, 1.82) is 0 Å². The maximum absolute atomic E-state index is 10.1. The van der Waals surface area contributed by atoms with Gasteiger partial charge in [0.05, 0.1) is 5.91 Å². The van der Waals surface area contributed by atoms with E-state index >= 15 is 0 Å². The van der Waals surface area contributed by atoms with Crippen LogP contribution in [0.1, 0.15) is 12.8 Å². The van der Waals surface area contributed by atoms with Gasteiger partial charge in [-0.1, -0.05) is 6.42 Å². The molecular formula is C4H6NNaO. The molecule has 3 heteroatoms. The van der Waals surface area contributed by atoms with Crippen LogP contribution in [0, 0.1) is 0 Å². The Morgan fingerprint density at radius 2 is 2.29 bits per heavy atom. The number of amides is 1. The molecule has 0 aromatic carbocycles. The van der Waals surface area contributed by atoms with Crippen molar-refractivity contribution in [1.82, 2.24) is 0 Å². The average Bonchev–Trinajstić information content (AvgIpc) is 1.86. The summed E-state index contributed by atoms with van der Waals surface area (Å²) in [6.07, 6.45) is 1.65. The minimum atomic E-state index is 0. The summed E-state index contributed by atoms with van der Waals surface area (Å²) in [5.41, 5.74) is 0. The van der Waals surface area contributed by atoms with Gasteiger partial charge in [-0.3, -0.25) is 0 Å². The van der Waals surface area contributed by atoms with E-state index in [0.29, 0.717) is 6.42 Å². The molecule has 1 saturated heterocycles. The van der Waals surface area contributed by atoms with Crippen LogP contribution < -0.4 is 29.6 Å². The predicted octanol–water partition coefficient (Wildman–Crippen LogP) is -2.32. The van der Waals surface area contributed by atoms with Gasteiger partial charge in [0.25, 0.3) is 0 Å².